The molecule has 0 aliphatic heterocycles. The summed E-state index contributed by atoms with van der Waals surface area (Å²) in [6.07, 6.45) is 0. The Morgan fingerprint density at radius 2 is 2.11 bits per heavy atom. The zero-order valence-electron chi connectivity index (χ0n) is 12.2. The quantitative estimate of drug-likeness (QED) is 0.739. The first-order valence-corrected chi connectivity index (χ1v) is 6.56. The highest BCUT2D eigenvalue weighted by Crippen LogP contribution is 2.19. The molecule has 0 aliphatic rings. The van der Waals surface area contributed by atoms with Gasteiger partial charge in [-0.2, -0.15) is 0 Å². The van der Waals surface area contributed by atoms with E-state index in [-0.39, 0.29) is 24.0 Å². The van der Waals surface area contributed by atoms with Gasteiger partial charge in [0.1, 0.15) is 0 Å². The Morgan fingerprint density at radius 3 is 2.68 bits per heavy atom. The zero-order valence-corrected chi connectivity index (χ0v) is 12.2. The van der Waals surface area contributed by atoms with Crippen molar-refractivity contribution >= 4 is 11.6 Å². The van der Waals surface area contributed by atoms with E-state index in [2.05, 4.69) is 17.6 Å². The van der Waals surface area contributed by atoms with Crippen LogP contribution >= 0.6 is 0 Å². The smallest absolute Gasteiger partial charge is 0.221 e. The minimum Gasteiger partial charge on any atom is -0.396 e. The second kappa shape index (κ2) is 6.68. The summed E-state index contributed by atoms with van der Waals surface area (Å²) >= 11 is 0. The lowest BCUT2D eigenvalue weighted by atomic mass is 9.94. The van der Waals surface area contributed by atoms with Gasteiger partial charge < -0.3 is 15.7 Å². The van der Waals surface area contributed by atoms with E-state index in [1.54, 1.807) is 0 Å². The van der Waals surface area contributed by atoms with Crippen LogP contribution in [0.5, 0.6) is 0 Å². The average molecular weight is 264 g/mol. The highest BCUT2D eigenvalue weighted by Gasteiger charge is 2.17. The first kappa shape index (κ1) is 15.7. The van der Waals surface area contributed by atoms with Gasteiger partial charge in [0.2, 0.25) is 5.91 Å². The summed E-state index contributed by atoms with van der Waals surface area (Å²) in [5.41, 5.74) is 1.78. The summed E-state index contributed by atoms with van der Waals surface area (Å²) < 4.78 is 0. The molecule has 4 nitrogen and oxygen atoms in total. The van der Waals surface area contributed by atoms with Gasteiger partial charge in [-0.15, -0.1) is 0 Å². The minimum atomic E-state index is -0.135. The predicted octanol–water partition coefficient (Wildman–Crippen LogP) is 2.31. The van der Waals surface area contributed by atoms with Gasteiger partial charge in [-0.1, -0.05) is 26.0 Å². The van der Waals surface area contributed by atoms with E-state index in [0.29, 0.717) is 0 Å². The molecule has 4 heteroatoms. The molecular formula is C15H24N2O2. The fourth-order valence-corrected chi connectivity index (χ4v) is 1.69. The molecule has 0 saturated carbocycles. The molecule has 3 N–H and O–H groups in total. The number of anilines is 1. The molecule has 0 saturated heterocycles. The largest absolute Gasteiger partial charge is 0.396 e. The number of hydrogen-bond acceptors (Lipinski definition) is 3. The molecule has 1 atom stereocenters. The number of nitrogens with one attached hydrogen (secondary N) is 2. The van der Waals surface area contributed by atoms with Crippen molar-refractivity contribution in [3.63, 3.8) is 0 Å². The number of aliphatic hydroxyl groups is 1. The number of carbonyl (C=O) groups excluding carboxylic acids is 1. The van der Waals surface area contributed by atoms with Crippen LogP contribution in [0.25, 0.3) is 0 Å². The monoisotopic (exact) mass is 264 g/mol. The molecule has 0 radical (unpaired) electrons. The highest BCUT2D eigenvalue weighted by atomic mass is 16.3. The van der Waals surface area contributed by atoms with E-state index < -0.39 is 0 Å². The first-order valence-electron chi connectivity index (χ1n) is 6.56. The molecule has 1 amide bonds. The molecule has 1 unspecified atom stereocenters. The van der Waals surface area contributed by atoms with Gasteiger partial charge in [0, 0.05) is 37.2 Å². The molecule has 0 heterocycles. The number of benzene rings is 1. The lowest BCUT2D eigenvalue weighted by Gasteiger charge is -2.25. The van der Waals surface area contributed by atoms with E-state index in [0.717, 1.165) is 17.8 Å². The molecule has 19 heavy (non-hydrogen) atoms. The Labute approximate surface area is 115 Å². The summed E-state index contributed by atoms with van der Waals surface area (Å²) in [6, 6.07) is 7.95. The molecule has 0 fully saturated rings. The first-order chi connectivity index (χ1) is 8.84. The van der Waals surface area contributed by atoms with Gasteiger partial charge in [-0.25, -0.2) is 0 Å². The van der Waals surface area contributed by atoms with E-state index in [1.165, 1.54) is 6.92 Å². The third kappa shape index (κ3) is 5.41. The number of hydrogen-bond donors (Lipinski definition) is 3. The molecule has 0 aromatic heterocycles. The fourth-order valence-electron chi connectivity index (χ4n) is 1.69. The molecule has 1 rings (SSSR count). The van der Waals surface area contributed by atoms with Crippen LogP contribution in [0.3, 0.4) is 0 Å². The molecular weight excluding hydrogens is 240 g/mol. The summed E-state index contributed by atoms with van der Waals surface area (Å²) in [7, 11) is 0. The van der Waals surface area contributed by atoms with Crippen LogP contribution < -0.4 is 10.6 Å². The minimum absolute atomic E-state index is 0.0702. The predicted molar refractivity (Wildman–Crippen MR) is 78.0 cm³/mol. The van der Waals surface area contributed by atoms with E-state index in [9.17, 15) is 9.90 Å². The van der Waals surface area contributed by atoms with Crippen molar-refractivity contribution in [1.82, 2.24) is 5.32 Å². The summed E-state index contributed by atoms with van der Waals surface area (Å²) in [5.74, 6) is -0.0702. The van der Waals surface area contributed by atoms with Crippen molar-refractivity contribution in [3.8, 4) is 0 Å². The molecule has 0 aliphatic carbocycles. The van der Waals surface area contributed by atoms with Crippen LogP contribution in [-0.4, -0.2) is 24.2 Å². The molecule has 1 aromatic carbocycles. The highest BCUT2D eigenvalue weighted by molar-refractivity contribution is 5.88. The SMILES string of the molecule is CC(=O)Nc1cccc(C(C)NCC(C)(C)CO)c1. The van der Waals surface area contributed by atoms with Crippen molar-refractivity contribution < 1.29 is 9.90 Å². The molecule has 1 aromatic rings. The van der Waals surface area contributed by atoms with E-state index >= 15 is 0 Å². The number of amides is 1. The number of aliphatic hydroxyl groups excluding tert-OH is 1. The zero-order chi connectivity index (χ0) is 14.5. The Bertz CT molecular complexity index is 430. The van der Waals surface area contributed by atoms with E-state index in [1.807, 2.05) is 38.1 Å². The maximum atomic E-state index is 11.0. The number of rotatable bonds is 6. The topological polar surface area (TPSA) is 61.4 Å². The van der Waals surface area contributed by atoms with Gasteiger partial charge in [0.15, 0.2) is 0 Å². The van der Waals surface area contributed by atoms with E-state index in [4.69, 9.17) is 0 Å². The van der Waals surface area contributed by atoms with Crippen molar-refractivity contribution in [3.05, 3.63) is 29.8 Å². The Kier molecular flexibility index (Phi) is 5.51. The molecule has 106 valence electrons. The standard InChI is InChI=1S/C15H24N2O2/c1-11(16-9-15(3,4)10-18)13-6-5-7-14(8-13)17-12(2)19/h5-8,11,16,18H,9-10H2,1-4H3,(H,17,19). The normalized spacial score (nSPS) is 13.1. The number of carbonyl (C=O) groups is 1. The second-order valence-electron chi connectivity index (χ2n) is 5.73. The lowest BCUT2D eigenvalue weighted by Crippen LogP contribution is -2.33. The fraction of sp³-hybridized carbons (Fsp3) is 0.533. The Morgan fingerprint density at radius 1 is 1.42 bits per heavy atom. The van der Waals surface area contributed by atoms with Crippen LogP contribution in [0.15, 0.2) is 24.3 Å². The third-order valence-corrected chi connectivity index (χ3v) is 3.02. The molecule has 0 spiro atoms. The maximum Gasteiger partial charge on any atom is 0.221 e. The van der Waals surface area contributed by atoms with Gasteiger partial charge in [-0.3, -0.25) is 4.79 Å². The summed E-state index contributed by atoms with van der Waals surface area (Å²) in [4.78, 5) is 11.0. The van der Waals surface area contributed by atoms with Crippen LogP contribution in [0.4, 0.5) is 5.69 Å². The van der Waals surface area contributed by atoms with Crippen LogP contribution in [0, 0.1) is 5.41 Å². The van der Waals surface area contributed by atoms with Crippen LogP contribution in [0.2, 0.25) is 0 Å². The van der Waals surface area contributed by atoms with Gasteiger partial charge >= 0.3 is 0 Å². The Balaban J connectivity index is 2.66. The van der Waals surface area contributed by atoms with Crippen molar-refractivity contribution in [2.45, 2.75) is 33.7 Å². The van der Waals surface area contributed by atoms with Crippen molar-refractivity contribution in [1.29, 1.82) is 0 Å². The maximum absolute atomic E-state index is 11.0. The van der Waals surface area contributed by atoms with Crippen molar-refractivity contribution in [2.24, 2.45) is 5.41 Å². The van der Waals surface area contributed by atoms with Crippen LogP contribution in [0.1, 0.15) is 39.3 Å². The summed E-state index contributed by atoms with van der Waals surface area (Å²) in [5, 5.41) is 15.4. The third-order valence-electron chi connectivity index (χ3n) is 3.02. The van der Waals surface area contributed by atoms with Gasteiger partial charge in [0.25, 0.3) is 0 Å². The van der Waals surface area contributed by atoms with Gasteiger partial charge in [-0.05, 0) is 24.6 Å². The molecule has 0 bridgehead atoms. The Hall–Kier alpha value is -1.39. The summed E-state index contributed by atoms with van der Waals surface area (Å²) in [6.45, 7) is 8.48. The van der Waals surface area contributed by atoms with Gasteiger partial charge in [0.05, 0.1) is 0 Å². The van der Waals surface area contributed by atoms with Crippen molar-refractivity contribution in [2.75, 3.05) is 18.5 Å². The average Bonchev–Trinajstić information content (AvgIpc) is 2.35. The van der Waals surface area contributed by atoms with Crippen LogP contribution in [-0.2, 0) is 4.79 Å². The lowest BCUT2D eigenvalue weighted by molar-refractivity contribution is -0.114. The second-order valence-corrected chi connectivity index (χ2v) is 5.73.